The molecule has 0 saturated carbocycles. The summed E-state index contributed by atoms with van der Waals surface area (Å²) in [5.74, 6) is -1.26. The van der Waals surface area contributed by atoms with Crippen LogP contribution in [0.1, 0.15) is 33.0 Å². The Balaban J connectivity index is 1.85. The van der Waals surface area contributed by atoms with Gasteiger partial charge in [-0.15, -0.1) is 5.10 Å². The van der Waals surface area contributed by atoms with E-state index < -0.39 is 67.5 Å². The summed E-state index contributed by atoms with van der Waals surface area (Å²) in [5.41, 5.74) is -4.68. The van der Waals surface area contributed by atoms with Crippen molar-refractivity contribution in [2.45, 2.75) is 30.8 Å². The van der Waals surface area contributed by atoms with Crippen LogP contribution in [0, 0.1) is 12.7 Å². The Kier molecular flexibility index (Phi) is 8.10. The van der Waals surface area contributed by atoms with E-state index in [0.717, 1.165) is 52.0 Å². The second-order valence-corrected chi connectivity index (χ2v) is 12.0. The number of carbonyl (C=O) groups is 1. The predicted molar refractivity (Wildman–Crippen MR) is 148 cm³/mol. The zero-order valence-corrected chi connectivity index (χ0v) is 24.3. The van der Waals surface area contributed by atoms with E-state index in [4.69, 9.17) is 0 Å². The molecule has 0 aliphatic carbocycles. The van der Waals surface area contributed by atoms with Gasteiger partial charge in [0, 0.05) is 29.1 Å². The van der Waals surface area contributed by atoms with Crippen LogP contribution in [0.4, 0.5) is 30.7 Å². The summed E-state index contributed by atoms with van der Waals surface area (Å²) in [7, 11) is -4.08. The Labute approximate surface area is 255 Å². The standard InChI is InChI=1S/C29H20F7N5O4S/c1-15-38-26(29(34,35)36)12-40(15)22-7-6-16(18-8-21(30)19(14-43)25(10-18)46(2,44)45)9-23(22)41-24(11-37-39-41)27-17(13-42)4-3-5-20(27)28(31,32)33/h3-13,43H,14H2,1-2H3. The summed E-state index contributed by atoms with van der Waals surface area (Å²) in [5, 5.41) is 17.2. The summed E-state index contributed by atoms with van der Waals surface area (Å²) < 4.78 is 125. The summed E-state index contributed by atoms with van der Waals surface area (Å²) in [6.45, 7) is 0.306. The molecule has 0 amide bonds. The van der Waals surface area contributed by atoms with Crippen LogP contribution in [-0.4, -0.2) is 50.6 Å². The lowest BCUT2D eigenvalue weighted by Gasteiger charge is -2.19. The predicted octanol–water partition coefficient (Wildman–Crippen LogP) is 5.98. The van der Waals surface area contributed by atoms with Gasteiger partial charge in [0.2, 0.25) is 0 Å². The molecule has 0 bridgehead atoms. The minimum absolute atomic E-state index is 0.0574. The molecule has 0 atom stereocenters. The number of aldehydes is 1. The molecule has 9 nitrogen and oxygen atoms in total. The first-order valence-electron chi connectivity index (χ1n) is 12.9. The molecular formula is C29H20F7N5O4S. The van der Waals surface area contributed by atoms with Crippen molar-refractivity contribution in [1.82, 2.24) is 24.5 Å². The third-order valence-corrected chi connectivity index (χ3v) is 8.18. The van der Waals surface area contributed by atoms with Gasteiger partial charge in [0.15, 0.2) is 21.8 Å². The normalized spacial score (nSPS) is 12.5. The number of aryl methyl sites for hydroxylation is 1. The van der Waals surface area contributed by atoms with Crippen LogP contribution in [0.2, 0.25) is 0 Å². The summed E-state index contributed by atoms with van der Waals surface area (Å²) >= 11 is 0. The molecule has 0 spiro atoms. The van der Waals surface area contributed by atoms with E-state index in [9.17, 15) is 44.7 Å². The fourth-order valence-electron chi connectivity index (χ4n) is 4.97. The molecule has 0 fully saturated rings. The average Bonchev–Trinajstić information content (AvgIpc) is 3.62. The molecule has 46 heavy (non-hydrogen) atoms. The monoisotopic (exact) mass is 667 g/mol. The van der Waals surface area contributed by atoms with Crippen LogP contribution in [0.3, 0.4) is 0 Å². The Morgan fingerprint density at radius 1 is 0.957 bits per heavy atom. The molecule has 17 heteroatoms. The fourth-order valence-corrected chi connectivity index (χ4v) is 5.92. The van der Waals surface area contributed by atoms with Crippen molar-refractivity contribution in [3.8, 4) is 33.8 Å². The smallest absolute Gasteiger partial charge is 0.392 e. The first-order valence-corrected chi connectivity index (χ1v) is 14.8. The molecule has 2 aromatic heterocycles. The Morgan fingerprint density at radius 3 is 2.26 bits per heavy atom. The van der Waals surface area contributed by atoms with Crippen LogP contribution in [0.25, 0.3) is 33.8 Å². The summed E-state index contributed by atoms with van der Waals surface area (Å²) in [6.07, 6.45) is -7.25. The van der Waals surface area contributed by atoms with Gasteiger partial charge in [-0.05, 0) is 48.4 Å². The molecule has 0 aliphatic rings. The average molecular weight is 668 g/mol. The number of nitrogens with zero attached hydrogens (tertiary/aromatic N) is 5. The van der Waals surface area contributed by atoms with Gasteiger partial charge < -0.3 is 9.67 Å². The number of sulfone groups is 1. The first kappa shape index (κ1) is 32.5. The van der Waals surface area contributed by atoms with E-state index in [1.807, 2.05) is 0 Å². The third kappa shape index (κ3) is 5.90. The number of carbonyl (C=O) groups excluding carboxylic acids is 1. The highest BCUT2D eigenvalue weighted by molar-refractivity contribution is 7.90. The van der Waals surface area contributed by atoms with Gasteiger partial charge in [-0.3, -0.25) is 4.79 Å². The van der Waals surface area contributed by atoms with Gasteiger partial charge in [0.1, 0.15) is 11.6 Å². The molecule has 240 valence electrons. The highest BCUT2D eigenvalue weighted by Crippen LogP contribution is 2.40. The summed E-state index contributed by atoms with van der Waals surface area (Å²) in [4.78, 5) is 14.9. The Morgan fingerprint density at radius 2 is 1.67 bits per heavy atom. The van der Waals surface area contributed by atoms with Crippen LogP contribution in [0.5, 0.6) is 0 Å². The molecular weight excluding hydrogens is 647 g/mol. The minimum atomic E-state index is -4.95. The maximum Gasteiger partial charge on any atom is 0.434 e. The van der Waals surface area contributed by atoms with Gasteiger partial charge in [-0.2, -0.15) is 26.3 Å². The van der Waals surface area contributed by atoms with Crippen molar-refractivity contribution in [3.05, 3.63) is 95.0 Å². The number of alkyl halides is 6. The number of aromatic nitrogens is 5. The number of hydrogen-bond donors (Lipinski definition) is 1. The fraction of sp³-hybridized carbons (Fsp3) is 0.172. The van der Waals surface area contributed by atoms with Crippen LogP contribution >= 0.6 is 0 Å². The first-order chi connectivity index (χ1) is 21.5. The second kappa shape index (κ2) is 11.5. The van der Waals surface area contributed by atoms with Crippen molar-refractivity contribution in [2.24, 2.45) is 0 Å². The van der Waals surface area contributed by atoms with E-state index in [-0.39, 0.29) is 40.3 Å². The molecule has 0 aliphatic heterocycles. The van der Waals surface area contributed by atoms with Gasteiger partial charge in [0.05, 0.1) is 40.3 Å². The van der Waals surface area contributed by atoms with E-state index in [1.165, 1.54) is 25.1 Å². The number of hydrogen-bond acceptors (Lipinski definition) is 7. The minimum Gasteiger partial charge on any atom is -0.392 e. The van der Waals surface area contributed by atoms with Gasteiger partial charge in [0.25, 0.3) is 0 Å². The maximum absolute atomic E-state index is 15.0. The van der Waals surface area contributed by atoms with Crippen molar-refractivity contribution < 1.29 is 49.1 Å². The molecule has 5 rings (SSSR count). The lowest BCUT2D eigenvalue weighted by atomic mass is 9.98. The van der Waals surface area contributed by atoms with Gasteiger partial charge in [-0.1, -0.05) is 23.4 Å². The van der Waals surface area contributed by atoms with Crippen molar-refractivity contribution in [3.63, 3.8) is 0 Å². The van der Waals surface area contributed by atoms with Gasteiger partial charge >= 0.3 is 12.4 Å². The number of aliphatic hydroxyl groups is 1. The maximum atomic E-state index is 15.0. The molecule has 5 aromatic rings. The van der Waals surface area contributed by atoms with Crippen molar-refractivity contribution >= 4 is 16.1 Å². The SMILES string of the molecule is Cc1nc(C(F)(F)F)cn1-c1ccc(-c2cc(F)c(CO)c(S(C)(=O)=O)c2)cc1-n1nncc1-c1c(C=O)cccc1C(F)(F)F. The van der Waals surface area contributed by atoms with E-state index in [0.29, 0.717) is 6.20 Å². The van der Waals surface area contributed by atoms with E-state index >= 15 is 4.39 Å². The van der Waals surface area contributed by atoms with E-state index in [2.05, 4.69) is 15.3 Å². The van der Waals surface area contributed by atoms with Crippen LogP contribution < -0.4 is 0 Å². The molecule has 2 heterocycles. The zero-order chi connectivity index (χ0) is 33.8. The third-order valence-electron chi connectivity index (χ3n) is 7.02. The van der Waals surface area contributed by atoms with Gasteiger partial charge in [-0.25, -0.2) is 22.5 Å². The summed E-state index contributed by atoms with van der Waals surface area (Å²) in [6, 6.07) is 8.63. The topological polar surface area (TPSA) is 120 Å². The number of aliphatic hydroxyl groups excluding tert-OH is 1. The molecule has 3 aromatic carbocycles. The van der Waals surface area contributed by atoms with E-state index in [1.54, 1.807) is 0 Å². The molecule has 0 saturated heterocycles. The lowest BCUT2D eigenvalue weighted by molar-refractivity contribution is -0.141. The lowest BCUT2D eigenvalue weighted by Crippen LogP contribution is -2.12. The molecule has 0 radical (unpaired) electrons. The van der Waals surface area contributed by atoms with Crippen LogP contribution in [-0.2, 0) is 28.8 Å². The molecule has 1 N–H and O–H groups in total. The quantitative estimate of drug-likeness (QED) is 0.168. The number of halogens is 7. The highest BCUT2D eigenvalue weighted by atomic mass is 32.2. The largest absolute Gasteiger partial charge is 0.434 e. The number of imidazole rings is 1. The van der Waals surface area contributed by atoms with Crippen molar-refractivity contribution in [1.29, 1.82) is 0 Å². The Bertz CT molecular complexity index is 2100. The zero-order valence-electron chi connectivity index (χ0n) is 23.5. The highest BCUT2D eigenvalue weighted by Gasteiger charge is 2.37. The second-order valence-electron chi connectivity index (χ2n) is 10.0. The molecule has 0 unspecified atom stereocenters. The van der Waals surface area contributed by atoms with Crippen LogP contribution in [0.15, 0.2) is 65.8 Å². The Hall–Kier alpha value is -4.90. The number of benzene rings is 3. The van der Waals surface area contributed by atoms with Crippen molar-refractivity contribution in [2.75, 3.05) is 6.26 Å². The number of rotatable bonds is 7.